The molecule has 0 saturated carbocycles. The van der Waals surface area contributed by atoms with Gasteiger partial charge in [0.25, 0.3) is 0 Å². The van der Waals surface area contributed by atoms with Crippen LogP contribution < -0.4 is 0 Å². The minimum absolute atomic E-state index is 0.0959. The largest absolute Gasteiger partial charge is 0.387 e. The van der Waals surface area contributed by atoms with E-state index in [0.29, 0.717) is 0 Å². The second-order valence-corrected chi connectivity index (χ2v) is 3.44. The maximum absolute atomic E-state index is 9.84. The maximum atomic E-state index is 9.84. The molecule has 1 N–H and O–H groups in total. The maximum Gasteiger partial charge on any atom is 0.111 e. The molecular weight excluding hydrogens is 172 g/mol. The van der Waals surface area contributed by atoms with Crippen LogP contribution in [0.15, 0.2) is 0 Å². The average Bonchev–Trinajstić information content (AvgIpc) is 2.04. The van der Waals surface area contributed by atoms with Crippen LogP contribution in [0.3, 0.4) is 0 Å². The number of aliphatic hydroxyl groups excluding tert-OH is 1. The van der Waals surface area contributed by atoms with Gasteiger partial charge in [0.05, 0.1) is 12.2 Å². The van der Waals surface area contributed by atoms with Gasteiger partial charge in [-0.2, -0.15) is 0 Å². The summed E-state index contributed by atoms with van der Waals surface area (Å²) in [5.41, 5.74) is 0. The van der Waals surface area contributed by atoms with Gasteiger partial charge < -0.3 is 19.3 Å². The molecule has 3 unspecified atom stereocenters. The summed E-state index contributed by atoms with van der Waals surface area (Å²) in [6.07, 6.45) is -1.42. The summed E-state index contributed by atoms with van der Waals surface area (Å²) < 4.78 is 15.8. The van der Waals surface area contributed by atoms with Crippen molar-refractivity contribution >= 4 is 0 Å². The first kappa shape index (κ1) is 10.9. The SMILES string of the molecule is COC1C(O)[C@@H](OC)C(C)O[C@H]1C. The average molecular weight is 190 g/mol. The molecule has 0 radical (unpaired) electrons. The van der Waals surface area contributed by atoms with Crippen molar-refractivity contribution in [3.8, 4) is 0 Å². The van der Waals surface area contributed by atoms with E-state index in [1.54, 1.807) is 14.2 Å². The number of rotatable bonds is 2. The summed E-state index contributed by atoms with van der Waals surface area (Å²) in [5, 5.41) is 9.84. The molecule has 78 valence electrons. The molecule has 1 fully saturated rings. The Morgan fingerprint density at radius 3 is 1.69 bits per heavy atom. The van der Waals surface area contributed by atoms with Gasteiger partial charge in [0.1, 0.15) is 18.3 Å². The van der Waals surface area contributed by atoms with E-state index in [2.05, 4.69) is 0 Å². The fraction of sp³-hybridized carbons (Fsp3) is 1.00. The quantitative estimate of drug-likeness (QED) is 0.675. The van der Waals surface area contributed by atoms with Crippen molar-refractivity contribution in [2.75, 3.05) is 14.2 Å². The molecule has 0 aromatic heterocycles. The molecule has 0 aliphatic carbocycles. The van der Waals surface area contributed by atoms with Crippen molar-refractivity contribution in [1.29, 1.82) is 0 Å². The van der Waals surface area contributed by atoms with Crippen LogP contribution in [-0.2, 0) is 14.2 Å². The van der Waals surface area contributed by atoms with Crippen molar-refractivity contribution in [1.82, 2.24) is 0 Å². The summed E-state index contributed by atoms with van der Waals surface area (Å²) in [6.45, 7) is 3.78. The van der Waals surface area contributed by atoms with Crippen LogP contribution >= 0.6 is 0 Å². The Morgan fingerprint density at radius 1 is 1.00 bits per heavy atom. The number of methoxy groups -OCH3 is 2. The van der Waals surface area contributed by atoms with Gasteiger partial charge in [0.15, 0.2) is 0 Å². The first-order valence-corrected chi connectivity index (χ1v) is 4.51. The Bertz CT molecular complexity index is 146. The minimum atomic E-state index is -0.617. The predicted molar refractivity (Wildman–Crippen MR) is 47.6 cm³/mol. The third-order valence-corrected chi connectivity index (χ3v) is 2.57. The van der Waals surface area contributed by atoms with E-state index in [1.165, 1.54) is 0 Å². The van der Waals surface area contributed by atoms with Crippen LogP contribution in [0.4, 0.5) is 0 Å². The van der Waals surface area contributed by atoms with Crippen molar-refractivity contribution in [2.45, 2.75) is 44.4 Å². The second-order valence-electron chi connectivity index (χ2n) is 3.44. The van der Waals surface area contributed by atoms with Crippen molar-refractivity contribution in [2.24, 2.45) is 0 Å². The number of hydrogen-bond acceptors (Lipinski definition) is 4. The highest BCUT2D eigenvalue weighted by Gasteiger charge is 2.41. The zero-order chi connectivity index (χ0) is 10.0. The first-order valence-electron chi connectivity index (χ1n) is 4.51. The molecular formula is C9H18O4. The molecule has 5 atom stereocenters. The monoisotopic (exact) mass is 190 g/mol. The lowest BCUT2D eigenvalue weighted by atomic mass is 9.96. The fourth-order valence-electron chi connectivity index (χ4n) is 1.90. The topological polar surface area (TPSA) is 47.9 Å². The van der Waals surface area contributed by atoms with Crippen LogP contribution in [0, 0.1) is 0 Å². The predicted octanol–water partition coefficient (Wildman–Crippen LogP) is 0.185. The highest BCUT2D eigenvalue weighted by molar-refractivity contribution is 4.90. The smallest absolute Gasteiger partial charge is 0.111 e. The van der Waals surface area contributed by atoms with Gasteiger partial charge in [0.2, 0.25) is 0 Å². The molecule has 0 bridgehead atoms. The van der Waals surface area contributed by atoms with Crippen molar-refractivity contribution in [3.63, 3.8) is 0 Å². The lowest BCUT2D eigenvalue weighted by Gasteiger charge is -2.41. The van der Waals surface area contributed by atoms with Crippen LogP contribution in [0.2, 0.25) is 0 Å². The summed E-state index contributed by atoms with van der Waals surface area (Å²) in [5.74, 6) is 0. The molecule has 13 heavy (non-hydrogen) atoms. The molecule has 4 nitrogen and oxygen atoms in total. The Morgan fingerprint density at radius 2 is 1.38 bits per heavy atom. The highest BCUT2D eigenvalue weighted by Crippen LogP contribution is 2.24. The second kappa shape index (κ2) is 4.37. The van der Waals surface area contributed by atoms with E-state index in [0.717, 1.165) is 0 Å². The normalized spacial score (nSPS) is 46.4. The molecule has 1 rings (SSSR count). The van der Waals surface area contributed by atoms with E-state index < -0.39 is 6.10 Å². The number of hydrogen-bond donors (Lipinski definition) is 1. The molecule has 0 amide bonds. The molecule has 0 aromatic rings. The van der Waals surface area contributed by atoms with E-state index in [1.807, 2.05) is 13.8 Å². The Labute approximate surface area is 78.8 Å². The number of aliphatic hydroxyl groups is 1. The lowest BCUT2D eigenvalue weighted by molar-refractivity contribution is -0.226. The Kier molecular flexibility index (Phi) is 3.67. The van der Waals surface area contributed by atoms with Crippen LogP contribution in [0.1, 0.15) is 13.8 Å². The van der Waals surface area contributed by atoms with Gasteiger partial charge in [0, 0.05) is 14.2 Å². The first-order chi connectivity index (χ1) is 6.11. The molecule has 1 aliphatic heterocycles. The zero-order valence-corrected chi connectivity index (χ0v) is 8.56. The zero-order valence-electron chi connectivity index (χ0n) is 8.56. The molecule has 0 aromatic carbocycles. The van der Waals surface area contributed by atoms with Gasteiger partial charge in [-0.25, -0.2) is 0 Å². The van der Waals surface area contributed by atoms with Crippen LogP contribution in [0.5, 0.6) is 0 Å². The van der Waals surface area contributed by atoms with E-state index in [4.69, 9.17) is 14.2 Å². The van der Waals surface area contributed by atoms with Crippen molar-refractivity contribution < 1.29 is 19.3 Å². The van der Waals surface area contributed by atoms with Crippen LogP contribution in [0.25, 0.3) is 0 Å². The van der Waals surface area contributed by atoms with Crippen molar-refractivity contribution in [3.05, 3.63) is 0 Å². The van der Waals surface area contributed by atoms with Gasteiger partial charge >= 0.3 is 0 Å². The summed E-state index contributed by atoms with van der Waals surface area (Å²) in [7, 11) is 3.13. The number of ether oxygens (including phenoxy) is 3. The minimum Gasteiger partial charge on any atom is -0.387 e. The Balaban J connectivity index is 2.69. The third-order valence-electron chi connectivity index (χ3n) is 2.57. The van der Waals surface area contributed by atoms with Gasteiger partial charge in [-0.15, -0.1) is 0 Å². The van der Waals surface area contributed by atoms with E-state index in [9.17, 15) is 5.11 Å². The molecule has 4 heteroatoms. The molecule has 1 heterocycles. The molecule has 0 spiro atoms. The molecule has 1 saturated heterocycles. The van der Waals surface area contributed by atoms with Crippen LogP contribution in [-0.4, -0.2) is 49.8 Å². The standard InChI is InChI=1S/C9H18O4/c1-5-8(11-3)7(10)9(12-4)6(2)13-5/h5-10H,1-4H3/t5-,6?,7?,8?,9-/m0/s1. The summed E-state index contributed by atoms with van der Waals surface area (Å²) >= 11 is 0. The fourth-order valence-corrected chi connectivity index (χ4v) is 1.90. The Hall–Kier alpha value is -0.160. The van der Waals surface area contributed by atoms with Gasteiger partial charge in [-0.05, 0) is 13.8 Å². The summed E-state index contributed by atoms with van der Waals surface area (Å²) in [4.78, 5) is 0. The highest BCUT2D eigenvalue weighted by atomic mass is 16.6. The van der Waals surface area contributed by atoms with Gasteiger partial charge in [-0.3, -0.25) is 0 Å². The lowest BCUT2D eigenvalue weighted by Crippen LogP contribution is -2.57. The van der Waals surface area contributed by atoms with Gasteiger partial charge in [-0.1, -0.05) is 0 Å². The molecule has 1 aliphatic rings. The summed E-state index contributed by atoms with van der Waals surface area (Å²) in [6, 6.07) is 0. The van der Waals surface area contributed by atoms with E-state index >= 15 is 0 Å². The van der Waals surface area contributed by atoms with E-state index in [-0.39, 0.29) is 24.4 Å². The third kappa shape index (κ3) is 2.02.